The van der Waals surface area contributed by atoms with Gasteiger partial charge in [0.15, 0.2) is 0 Å². The van der Waals surface area contributed by atoms with Crippen molar-refractivity contribution in [3.8, 4) is 0 Å². The number of sulfonamides is 1. The van der Waals surface area contributed by atoms with E-state index >= 15 is 0 Å². The Bertz CT molecular complexity index is 415. The van der Waals surface area contributed by atoms with Crippen molar-refractivity contribution in [2.24, 2.45) is 0 Å². The lowest BCUT2D eigenvalue weighted by Crippen LogP contribution is -2.23. The van der Waals surface area contributed by atoms with E-state index in [9.17, 15) is 8.42 Å². The largest absolute Gasteiger partial charge is 0.240 e. The SMILES string of the molecule is CCNS(=O)(=O)c1cccc(CSC)c1. The van der Waals surface area contributed by atoms with E-state index in [0.717, 1.165) is 11.3 Å². The molecule has 0 aliphatic heterocycles. The summed E-state index contributed by atoms with van der Waals surface area (Å²) in [6.45, 7) is 2.18. The van der Waals surface area contributed by atoms with Crippen LogP contribution in [0.4, 0.5) is 0 Å². The molecule has 0 heterocycles. The molecule has 1 N–H and O–H groups in total. The maximum atomic E-state index is 11.7. The molecule has 0 amide bonds. The first-order chi connectivity index (χ1) is 7.10. The maximum Gasteiger partial charge on any atom is 0.240 e. The van der Waals surface area contributed by atoms with Gasteiger partial charge < -0.3 is 0 Å². The number of thioether (sulfide) groups is 1. The van der Waals surface area contributed by atoms with Crippen molar-refractivity contribution in [3.63, 3.8) is 0 Å². The lowest BCUT2D eigenvalue weighted by molar-refractivity contribution is 0.584. The van der Waals surface area contributed by atoms with E-state index in [0.29, 0.717) is 11.4 Å². The van der Waals surface area contributed by atoms with Crippen LogP contribution in [0.15, 0.2) is 29.2 Å². The van der Waals surface area contributed by atoms with Gasteiger partial charge in [-0.2, -0.15) is 11.8 Å². The Labute approximate surface area is 95.3 Å². The lowest BCUT2D eigenvalue weighted by Gasteiger charge is -2.06. The molecular formula is C10H15NO2S2. The predicted octanol–water partition coefficient (Wildman–Crippen LogP) is 1.85. The second-order valence-electron chi connectivity index (χ2n) is 3.08. The molecule has 84 valence electrons. The van der Waals surface area contributed by atoms with Crippen LogP contribution in [-0.4, -0.2) is 21.2 Å². The monoisotopic (exact) mass is 245 g/mol. The van der Waals surface area contributed by atoms with Gasteiger partial charge in [-0.1, -0.05) is 19.1 Å². The lowest BCUT2D eigenvalue weighted by atomic mass is 10.2. The van der Waals surface area contributed by atoms with Crippen molar-refractivity contribution in [2.75, 3.05) is 12.8 Å². The van der Waals surface area contributed by atoms with Gasteiger partial charge in [0.1, 0.15) is 0 Å². The molecule has 0 atom stereocenters. The predicted molar refractivity (Wildman–Crippen MR) is 64.5 cm³/mol. The second-order valence-corrected chi connectivity index (χ2v) is 5.71. The van der Waals surface area contributed by atoms with Crippen molar-refractivity contribution in [1.29, 1.82) is 0 Å². The summed E-state index contributed by atoms with van der Waals surface area (Å²) >= 11 is 1.67. The van der Waals surface area contributed by atoms with Crippen molar-refractivity contribution in [1.82, 2.24) is 4.72 Å². The Balaban J connectivity index is 2.99. The van der Waals surface area contributed by atoms with Crippen LogP contribution in [-0.2, 0) is 15.8 Å². The molecule has 0 aromatic heterocycles. The van der Waals surface area contributed by atoms with Crippen LogP contribution in [0.1, 0.15) is 12.5 Å². The highest BCUT2D eigenvalue weighted by Gasteiger charge is 2.12. The molecule has 0 aliphatic carbocycles. The third-order valence-corrected chi connectivity index (χ3v) is 4.02. The van der Waals surface area contributed by atoms with Crippen LogP contribution < -0.4 is 4.72 Å². The Morgan fingerprint density at radius 1 is 1.40 bits per heavy atom. The maximum absolute atomic E-state index is 11.7. The smallest absolute Gasteiger partial charge is 0.211 e. The number of hydrogen-bond donors (Lipinski definition) is 1. The van der Waals surface area contributed by atoms with E-state index in [-0.39, 0.29) is 0 Å². The minimum Gasteiger partial charge on any atom is -0.211 e. The van der Waals surface area contributed by atoms with Crippen LogP contribution in [0.2, 0.25) is 0 Å². The number of rotatable bonds is 5. The molecule has 0 fully saturated rings. The fourth-order valence-electron chi connectivity index (χ4n) is 1.24. The summed E-state index contributed by atoms with van der Waals surface area (Å²) in [5, 5.41) is 0. The van der Waals surface area contributed by atoms with Crippen LogP contribution >= 0.6 is 11.8 Å². The zero-order chi connectivity index (χ0) is 11.3. The average Bonchev–Trinajstić information content (AvgIpc) is 2.19. The van der Waals surface area contributed by atoms with Crippen LogP contribution in [0.3, 0.4) is 0 Å². The number of benzene rings is 1. The molecule has 0 radical (unpaired) electrons. The fourth-order valence-corrected chi connectivity index (χ4v) is 2.87. The van der Waals surface area contributed by atoms with E-state index < -0.39 is 10.0 Å². The van der Waals surface area contributed by atoms with Gasteiger partial charge in [-0.15, -0.1) is 0 Å². The van der Waals surface area contributed by atoms with Gasteiger partial charge in [0.05, 0.1) is 4.90 Å². The minimum atomic E-state index is -3.31. The molecule has 0 saturated carbocycles. The van der Waals surface area contributed by atoms with Crippen molar-refractivity contribution >= 4 is 21.8 Å². The molecule has 0 aliphatic rings. The summed E-state index contributed by atoms with van der Waals surface area (Å²) in [6, 6.07) is 7.04. The molecular weight excluding hydrogens is 230 g/mol. The third kappa shape index (κ3) is 3.52. The van der Waals surface area contributed by atoms with E-state index in [1.165, 1.54) is 0 Å². The Hall–Kier alpha value is -0.520. The molecule has 1 aromatic rings. The summed E-state index contributed by atoms with van der Waals surface area (Å²) < 4.78 is 25.8. The topological polar surface area (TPSA) is 46.2 Å². The highest BCUT2D eigenvalue weighted by atomic mass is 32.2. The quantitative estimate of drug-likeness (QED) is 0.861. The van der Waals surface area contributed by atoms with Gasteiger partial charge in [0, 0.05) is 12.3 Å². The van der Waals surface area contributed by atoms with Crippen LogP contribution in [0, 0.1) is 0 Å². The van der Waals surface area contributed by atoms with Crippen molar-refractivity contribution in [3.05, 3.63) is 29.8 Å². The zero-order valence-electron chi connectivity index (χ0n) is 8.86. The van der Waals surface area contributed by atoms with Crippen molar-refractivity contribution < 1.29 is 8.42 Å². The molecule has 1 aromatic carbocycles. The summed E-state index contributed by atoms with van der Waals surface area (Å²) in [5.74, 6) is 0.829. The molecule has 0 spiro atoms. The van der Waals surface area contributed by atoms with Crippen LogP contribution in [0.5, 0.6) is 0 Å². The normalized spacial score (nSPS) is 11.6. The fraction of sp³-hybridized carbons (Fsp3) is 0.400. The molecule has 5 heteroatoms. The first kappa shape index (κ1) is 12.5. The first-order valence-corrected chi connectivity index (χ1v) is 7.55. The number of hydrogen-bond acceptors (Lipinski definition) is 3. The summed E-state index contributed by atoms with van der Waals surface area (Å²) in [6.07, 6.45) is 1.99. The second kappa shape index (κ2) is 5.53. The Kier molecular flexibility index (Phi) is 4.63. The Morgan fingerprint density at radius 2 is 2.13 bits per heavy atom. The molecule has 15 heavy (non-hydrogen) atoms. The van der Waals surface area contributed by atoms with Gasteiger partial charge >= 0.3 is 0 Å². The van der Waals surface area contributed by atoms with E-state index in [2.05, 4.69) is 4.72 Å². The highest BCUT2D eigenvalue weighted by molar-refractivity contribution is 7.97. The molecule has 0 unspecified atom stereocenters. The zero-order valence-corrected chi connectivity index (χ0v) is 10.5. The van der Waals surface area contributed by atoms with E-state index in [1.54, 1.807) is 36.9 Å². The first-order valence-electron chi connectivity index (χ1n) is 4.67. The molecule has 0 saturated heterocycles. The van der Waals surface area contributed by atoms with E-state index in [1.807, 2.05) is 12.3 Å². The summed E-state index contributed by atoms with van der Waals surface area (Å²) in [7, 11) is -3.31. The summed E-state index contributed by atoms with van der Waals surface area (Å²) in [4.78, 5) is 0.343. The third-order valence-electron chi connectivity index (χ3n) is 1.85. The Morgan fingerprint density at radius 3 is 2.73 bits per heavy atom. The highest BCUT2D eigenvalue weighted by Crippen LogP contribution is 2.14. The van der Waals surface area contributed by atoms with Gasteiger partial charge in [-0.3, -0.25) is 0 Å². The van der Waals surface area contributed by atoms with Crippen molar-refractivity contribution in [2.45, 2.75) is 17.6 Å². The minimum absolute atomic E-state index is 0.343. The van der Waals surface area contributed by atoms with Crippen LogP contribution in [0.25, 0.3) is 0 Å². The summed E-state index contributed by atoms with van der Waals surface area (Å²) in [5.41, 5.74) is 1.03. The molecule has 3 nitrogen and oxygen atoms in total. The van der Waals surface area contributed by atoms with Gasteiger partial charge in [0.25, 0.3) is 0 Å². The van der Waals surface area contributed by atoms with Gasteiger partial charge in [-0.05, 0) is 24.0 Å². The number of nitrogens with one attached hydrogen (secondary N) is 1. The molecule has 0 bridgehead atoms. The van der Waals surface area contributed by atoms with Gasteiger partial charge in [0.2, 0.25) is 10.0 Å². The average molecular weight is 245 g/mol. The molecule has 1 rings (SSSR count). The standard InChI is InChI=1S/C10H15NO2S2/c1-3-11-15(12,13)10-6-4-5-9(7-10)8-14-2/h4-7,11H,3,8H2,1-2H3. The van der Waals surface area contributed by atoms with E-state index in [4.69, 9.17) is 0 Å². The van der Waals surface area contributed by atoms with Gasteiger partial charge in [-0.25, -0.2) is 13.1 Å².